The lowest BCUT2D eigenvalue weighted by molar-refractivity contribution is -0.124. The maximum Gasteiger partial charge on any atom is 0.240 e. The third kappa shape index (κ3) is 1.41. The van der Waals surface area contributed by atoms with Gasteiger partial charge in [0.2, 0.25) is 11.8 Å². The van der Waals surface area contributed by atoms with Gasteiger partial charge in [0.15, 0.2) is 0 Å². The van der Waals surface area contributed by atoms with Crippen molar-refractivity contribution < 1.29 is 14.3 Å². The standard InChI is InChI=1S/C15H12ClNO3/c1-7-2-3-8(6-9(7)16)17-14(18)12-10-4-5-11(20-10)13(12)15(17)19/h2-6,10-13H,1H3/t10-,11-,12-,13-/m1/s1. The van der Waals surface area contributed by atoms with E-state index in [-0.39, 0.29) is 35.9 Å². The van der Waals surface area contributed by atoms with Crippen LogP contribution in [0.1, 0.15) is 5.56 Å². The van der Waals surface area contributed by atoms with Crippen LogP contribution in [0.15, 0.2) is 30.4 Å². The molecule has 3 heterocycles. The van der Waals surface area contributed by atoms with Crippen LogP contribution >= 0.6 is 11.6 Å². The first-order valence-corrected chi connectivity index (χ1v) is 6.93. The molecular formula is C15H12ClNO3. The zero-order valence-corrected chi connectivity index (χ0v) is 11.5. The van der Waals surface area contributed by atoms with E-state index in [9.17, 15) is 9.59 Å². The first-order valence-electron chi connectivity index (χ1n) is 6.55. The first-order chi connectivity index (χ1) is 9.58. The summed E-state index contributed by atoms with van der Waals surface area (Å²) in [5, 5.41) is 0.553. The number of ether oxygens (including phenoxy) is 1. The smallest absolute Gasteiger partial charge is 0.240 e. The van der Waals surface area contributed by atoms with Crippen LogP contribution in [-0.2, 0) is 14.3 Å². The van der Waals surface area contributed by atoms with E-state index in [2.05, 4.69) is 0 Å². The molecule has 20 heavy (non-hydrogen) atoms. The molecule has 4 nitrogen and oxygen atoms in total. The summed E-state index contributed by atoms with van der Waals surface area (Å²) in [5.74, 6) is -1.12. The minimum Gasteiger partial charge on any atom is -0.365 e. The highest BCUT2D eigenvalue weighted by Gasteiger charge is 2.60. The van der Waals surface area contributed by atoms with Gasteiger partial charge in [-0.1, -0.05) is 29.8 Å². The monoisotopic (exact) mass is 289 g/mol. The summed E-state index contributed by atoms with van der Waals surface area (Å²) in [5.41, 5.74) is 1.46. The average Bonchev–Trinajstić information content (AvgIpc) is 3.08. The van der Waals surface area contributed by atoms with Gasteiger partial charge in [0.25, 0.3) is 0 Å². The molecule has 4 rings (SSSR count). The second-order valence-electron chi connectivity index (χ2n) is 5.45. The van der Waals surface area contributed by atoms with Crippen LogP contribution in [0.3, 0.4) is 0 Å². The number of halogens is 1. The largest absolute Gasteiger partial charge is 0.365 e. The summed E-state index contributed by atoms with van der Waals surface area (Å²) in [6, 6.07) is 5.24. The van der Waals surface area contributed by atoms with Crippen LogP contribution < -0.4 is 4.90 Å². The predicted octanol–water partition coefficient (Wildman–Crippen LogP) is 2.09. The van der Waals surface area contributed by atoms with Crippen LogP contribution in [0.5, 0.6) is 0 Å². The Morgan fingerprint density at radius 3 is 2.25 bits per heavy atom. The number of nitrogens with zero attached hydrogens (tertiary/aromatic N) is 1. The Bertz CT molecular complexity index is 639. The summed E-state index contributed by atoms with van der Waals surface area (Å²) in [6.07, 6.45) is 3.24. The fourth-order valence-corrected chi connectivity index (χ4v) is 3.45. The maximum atomic E-state index is 12.5. The highest BCUT2D eigenvalue weighted by molar-refractivity contribution is 6.32. The topological polar surface area (TPSA) is 46.6 Å². The number of hydrogen-bond donors (Lipinski definition) is 0. The molecule has 0 spiro atoms. The van der Waals surface area contributed by atoms with E-state index in [1.807, 2.05) is 25.1 Å². The van der Waals surface area contributed by atoms with Crippen LogP contribution in [0.4, 0.5) is 5.69 Å². The van der Waals surface area contributed by atoms with Crippen molar-refractivity contribution in [3.8, 4) is 0 Å². The number of fused-ring (bicyclic) bond motifs is 5. The summed E-state index contributed by atoms with van der Waals surface area (Å²) in [7, 11) is 0. The summed E-state index contributed by atoms with van der Waals surface area (Å²) in [4.78, 5) is 26.3. The lowest BCUT2D eigenvalue weighted by Crippen LogP contribution is -2.34. The third-order valence-electron chi connectivity index (χ3n) is 4.32. The van der Waals surface area contributed by atoms with Gasteiger partial charge in [-0.05, 0) is 24.6 Å². The molecule has 0 unspecified atom stereocenters. The second kappa shape index (κ2) is 3.93. The molecule has 0 aliphatic carbocycles. The number of carbonyl (C=O) groups excluding carboxylic acids is 2. The fourth-order valence-electron chi connectivity index (χ4n) is 3.28. The molecule has 1 aromatic rings. The Hall–Kier alpha value is -1.65. The Kier molecular flexibility index (Phi) is 2.38. The Balaban J connectivity index is 1.76. The minimum absolute atomic E-state index is 0.184. The molecule has 0 radical (unpaired) electrons. The Morgan fingerprint density at radius 2 is 1.70 bits per heavy atom. The van der Waals surface area contributed by atoms with Crippen LogP contribution in [0.2, 0.25) is 5.02 Å². The number of carbonyl (C=O) groups is 2. The molecule has 0 saturated carbocycles. The number of aryl methyl sites for hydroxylation is 1. The van der Waals surface area contributed by atoms with E-state index < -0.39 is 0 Å². The Labute approximate surface area is 121 Å². The number of imide groups is 1. The molecule has 3 aliphatic rings. The van der Waals surface area contributed by atoms with Crippen molar-refractivity contribution in [1.29, 1.82) is 0 Å². The molecule has 4 atom stereocenters. The van der Waals surface area contributed by atoms with Crippen molar-refractivity contribution in [1.82, 2.24) is 0 Å². The van der Waals surface area contributed by atoms with Crippen molar-refractivity contribution in [2.24, 2.45) is 11.8 Å². The number of benzene rings is 1. The minimum atomic E-state index is -0.377. The second-order valence-corrected chi connectivity index (χ2v) is 5.85. The summed E-state index contributed by atoms with van der Waals surface area (Å²) < 4.78 is 5.60. The molecule has 5 heteroatoms. The predicted molar refractivity (Wildman–Crippen MR) is 73.5 cm³/mol. The van der Waals surface area contributed by atoms with Crippen molar-refractivity contribution >= 4 is 29.1 Å². The molecular weight excluding hydrogens is 278 g/mol. The molecule has 0 N–H and O–H groups in total. The van der Waals surface area contributed by atoms with Crippen molar-refractivity contribution in [3.05, 3.63) is 40.9 Å². The summed E-state index contributed by atoms with van der Waals surface area (Å²) in [6.45, 7) is 1.88. The normalized spacial score (nSPS) is 34.2. The maximum absolute atomic E-state index is 12.5. The van der Waals surface area contributed by atoms with Gasteiger partial charge >= 0.3 is 0 Å². The van der Waals surface area contributed by atoms with Gasteiger partial charge in [0, 0.05) is 5.02 Å². The first kappa shape index (κ1) is 12.1. The fraction of sp³-hybridized carbons (Fsp3) is 0.333. The van der Waals surface area contributed by atoms with Crippen molar-refractivity contribution in [3.63, 3.8) is 0 Å². The van der Waals surface area contributed by atoms with Gasteiger partial charge < -0.3 is 4.74 Å². The molecule has 0 aromatic heterocycles. The van der Waals surface area contributed by atoms with Gasteiger partial charge in [0.1, 0.15) is 0 Å². The molecule has 102 valence electrons. The molecule has 2 bridgehead atoms. The van der Waals surface area contributed by atoms with Gasteiger partial charge in [0.05, 0.1) is 29.7 Å². The van der Waals surface area contributed by atoms with Crippen LogP contribution in [-0.4, -0.2) is 24.0 Å². The lowest BCUT2D eigenvalue weighted by atomic mass is 9.85. The molecule has 2 saturated heterocycles. The third-order valence-corrected chi connectivity index (χ3v) is 4.73. The molecule has 2 fully saturated rings. The molecule has 1 aromatic carbocycles. The van der Waals surface area contributed by atoms with Crippen molar-refractivity contribution in [2.45, 2.75) is 19.1 Å². The Morgan fingerprint density at radius 1 is 1.10 bits per heavy atom. The number of amides is 2. The SMILES string of the molecule is Cc1ccc(N2C(=O)[C@H]3[C@H](C2=O)[C@H]2C=C[C@H]3O2)cc1Cl. The van der Waals surface area contributed by atoms with E-state index >= 15 is 0 Å². The van der Waals surface area contributed by atoms with Gasteiger partial charge in [-0.2, -0.15) is 0 Å². The van der Waals surface area contributed by atoms with E-state index in [0.717, 1.165) is 5.56 Å². The van der Waals surface area contributed by atoms with E-state index in [4.69, 9.17) is 16.3 Å². The van der Waals surface area contributed by atoms with Crippen LogP contribution in [0.25, 0.3) is 0 Å². The molecule has 2 amide bonds. The molecule has 3 aliphatic heterocycles. The zero-order chi connectivity index (χ0) is 14.0. The van der Waals surface area contributed by atoms with E-state index in [0.29, 0.717) is 10.7 Å². The van der Waals surface area contributed by atoms with Gasteiger partial charge in [-0.25, -0.2) is 4.90 Å². The van der Waals surface area contributed by atoms with Gasteiger partial charge in [-0.3, -0.25) is 9.59 Å². The van der Waals surface area contributed by atoms with Crippen LogP contribution in [0, 0.1) is 18.8 Å². The highest BCUT2D eigenvalue weighted by Crippen LogP contribution is 2.46. The van der Waals surface area contributed by atoms with Crippen molar-refractivity contribution in [2.75, 3.05) is 4.90 Å². The average molecular weight is 290 g/mol. The summed E-state index contributed by atoms with van der Waals surface area (Å²) >= 11 is 6.09. The van der Waals surface area contributed by atoms with E-state index in [1.54, 1.807) is 12.1 Å². The van der Waals surface area contributed by atoms with Gasteiger partial charge in [-0.15, -0.1) is 0 Å². The lowest BCUT2D eigenvalue weighted by Gasteiger charge is -2.18. The quantitative estimate of drug-likeness (QED) is 0.587. The number of hydrogen-bond acceptors (Lipinski definition) is 3. The van der Waals surface area contributed by atoms with E-state index in [1.165, 1.54) is 4.90 Å². The zero-order valence-electron chi connectivity index (χ0n) is 10.7. The number of anilines is 1. The highest BCUT2D eigenvalue weighted by atomic mass is 35.5. The number of rotatable bonds is 1.